The van der Waals surface area contributed by atoms with E-state index in [9.17, 15) is 13.2 Å². The number of sulfonamides is 1. The highest BCUT2D eigenvalue weighted by Gasteiger charge is 2.41. The van der Waals surface area contributed by atoms with Crippen molar-refractivity contribution in [2.75, 3.05) is 33.7 Å². The van der Waals surface area contributed by atoms with Crippen LogP contribution in [0.5, 0.6) is 0 Å². The van der Waals surface area contributed by atoms with E-state index in [0.29, 0.717) is 25.5 Å². The molecule has 1 aromatic heterocycles. The van der Waals surface area contributed by atoms with Crippen molar-refractivity contribution in [3.05, 3.63) is 18.2 Å². The van der Waals surface area contributed by atoms with Gasteiger partial charge in [-0.3, -0.25) is 4.79 Å². The summed E-state index contributed by atoms with van der Waals surface area (Å²) >= 11 is 0. The monoisotopic (exact) mass is 365 g/mol. The number of aryl methyl sites for hydroxylation is 1. The average Bonchev–Trinajstić information content (AvgIpc) is 2.91. The molecule has 0 aromatic carbocycles. The van der Waals surface area contributed by atoms with E-state index < -0.39 is 27.2 Å². The lowest BCUT2D eigenvalue weighted by atomic mass is 10.2. The van der Waals surface area contributed by atoms with E-state index in [1.165, 1.54) is 16.1 Å². The summed E-state index contributed by atoms with van der Waals surface area (Å²) in [6.07, 6.45) is 3.42. The van der Waals surface area contributed by atoms with Gasteiger partial charge < -0.3 is 14.8 Å². The maximum absolute atomic E-state index is 12.9. The van der Waals surface area contributed by atoms with Crippen LogP contribution in [0, 0.1) is 0 Å². The fourth-order valence-corrected chi connectivity index (χ4v) is 4.34. The first-order valence-corrected chi connectivity index (χ1v) is 8.67. The molecule has 1 aliphatic rings. The maximum Gasteiger partial charge on any atom is 0.241 e. The Morgan fingerprint density at radius 2 is 2.13 bits per heavy atom. The third kappa shape index (κ3) is 3.85. The van der Waals surface area contributed by atoms with E-state index in [4.69, 9.17) is 0 Å². The van der Waals surface area contributed by atoms with Crippen LogP contribution in [0.2, 0.25) is 0 Å². The van der Waals surface area contributed by atoms with Gasteiger partial charge in [-0.2, -0.15) is 4.31 Å². The number of halogens is 1. The fraction of sp³-hybridized carbons (Fsp3) is 0.692. The summed E-state index contributed by atoms with van der Waals surface area (Å²) in [6, 6.07) is -0.406. The number of piperazine rings is 1. The number of imidazole rings is 1. The molecule has 1 fully saturated rings. The van der Waals surface area contributed by atoms with Crippen molar-refractivity contribution >= 4 is 28.3 Å². The zero-order chi connectivity index (χ0) is 16.5. The third-order valence-electron chi connectivity index (χ3n) is 3.91. The second-order valence-corrected chi connectivity index (χ2v) is 7.85. The highest BCUT2D eigenvalue weighted by Crippen LogP contribution is 2.26. The van der Waals surface area contributed by atoms with E-state index in [0.717, 1.165) is 0 Å². The van der Waals surface area contributed by atoms with Gasteiger partial charge in [-0.25, -0.2) is 13.4 Å². The average molecular weight is 366 g/mol. The van der Waals surface area contributed by atoms with Crippen molar-refractivity contribution < 1.29 is 13.2 Å². The summed E-state index contributed by atoms with van der Waals surface area (Å²) in [4.78, 5) is 17.6. The lowest BCUT2D eigenvalue weighted by Crippen LogP contribution is -2.53. The summed E-state index contributed by atoms with van der Waals surface area (Å²) in [5.74, 6) is 0.248. The highest BCUT2D eigenvalue weighted by atomic mass is 35.5. The number of hydrogen-bond donors (Lipinski definition) is 1. The third-order valence-corrected chi connectivity index (χ3v) is 6.10. The predicted molar refractivity (Wildman–Crippen MR) is 89.8 cm³/mol. The van der Waals surface area contributed by atoms with Crippen LogP contribution in [0.4, 0.5) is 0 Å². The van der Waals surface area contributed by atoms with Crippen LogP contribution in [0.25, 0.3) is 0 Å². The summed E-state index contributed by atoms with van der Waals surface area (Å²) in [5.41, 5.74) is 0. The second-order valence-electron chi connectivity index (χ2n) is 5.65. The minimum Gasteiger partial charge on any atom is -0.348 e. The van der Waals surface area contributed by atoms with Crippen LogP contribution < -0.4 is 5.32 Å². The molecular weight excluding hydrogens is 342 g/mol. The smallest absolute Gasteiger partial charge is 0.241 e. The highest BCUT2D eigenvalue weighted by molar-refractivity contribution is 7.90. The molecule has 10 heteroatoms. The summed E-state index contributed by atoms with van der Waals surface area (Å²) < 4.78 is 28.9. The molecule has 2 heterocycles. The predicted octanol–water partition coefficient (Wildman–Crippen LogP) is -0.405. The van der Waals surface area contributed by atoms with Gasteiger partial charge >= 0.3 is 0 Å². The number of nitrogens with zero attached hydrogens (tertiary/aromatic N) is 4. The Hall–Kier alpha value is -1.16. The van der Waals surface area contributed by atoms with E-state index in [-0.39, 0.29) is 12.4 Å². The molecule has 1 amide bonds. The van der Waals surface area contributed by atoms with Crippen molar-refractivity contribution in [1.29, 1.82) is 0 Å². The molecule has 2 atom stereocenters. The molecule has 0 radical (unpaired) electrons. The minimum absolute atomic E-state index is 0. The summed E-state index contributed by atoms with van der Waals surface area (Å²) in [7, 11) is 1.20. The van der Waals surface area contributed by atoms with Crippen LogP contribution in [-0.4, -0.2) is 72.1 Å². The second kappa shape index (κ2) is 7.61. The molecule has 8 nitrogen and oxygen atoms in total. The van der Waals surface area contributed by atoms with Gasteiger partial charge in [-0.05, 0) is 6.92 Å². The molecular formula is C13H24ClN5O3S. The van der Waals surface area contributed by atoms with Crippen molar-refractivity contribution in [2.45, 2.75) is 18.2 Å². The number of carbonyl (C=O) groups excluding carboxylic acids is 1. The lowest BCUT2D eigenvalue weighted by Gasteiger charge is -2.36. The van der Waals surface area contributed by atoms with Gasteiger partial charge in [-0.15, -0.1) is 12.4 Å². The molecule has 132 valence electrons. The van der Waals surface area contributed by atoms with Crippen LogP contribution in [0.3, 0.4) is 0 Å². The number of nitrogens with one attached hydrogen (secondary N) is 1. The van der Waals surface area contributed by atoms with E-state index in [1.54, 1.807) is 31.1 Å². The van der Waals surface area contributed by atoms with Gasteiger partial charge in [0.25, 0.3) is 0 Å². The molecule has 2 unspecified atom stereocenters. The number of hydrogen-bond acceptors (Lipinski definition) is 5. The zero-order valence-corrected chi connectivity index (χ0v) is 15.4. The van der Waals surface area contributed by atoms with Crippen molar-refractivity contribution in [2.24, 2.45) is 7.05 Å². The number of amides is 1. The molecule has 1 saturated heterocycles. The Bertz CT molecular complexity index is 646. The quantitative estimate of drug-likeness (QED) is 0.784. The first-order valence-electron chi connectivity index (χ1n) is 7.16. The molecule has 0 aliphatic carbocycles. The molecule has 0 bridgehead atoms. The molecule has 23 heavy (non-hydrogen) atoms. The summed E-state index contributed by atoms with van der Waals surface area (Å²) in [6.45, 7) is 2.80. The van der Waals surface area contributed by atoms with Gasteiger partial charge in [0.2, 0.25) is 15.9 Å². The molecule has 1 aliphatic heterocycles. The molecule has 0 spiro atoms. The molecule has 0 saturated carbocycles. The van der Waals surface area contributed by atoms with Crippen LogP contribution in [0.1, 0.15) is 18.8 Å². The van der Waals surface area contributed by atoms with Crippen molar-refractivity contribution in [3.63, 3.8) is 0 Å². The molecule has 1 aromatic rings. The van der Waals surface area contributed by atoms with Crippen LogP contribution in [-0.2, 0) is 21.9 Å². The Morgan fingerprint density at radius 1 is 1.48 bits per heavy atom. The first-order chi connectivity index (χ1) is 10.3. The Labute approximate surface area is 143 Å². The van der Waals surface area contributed by atoms with E-state index >= 15 is 0 Å². The Kier molecular flexibility index (Phi) is 6.58. The Balaban J connectivity index is 0.00000264. The maximum atomic E-state index is 12.9. The lowest BCUT2D eigenvalue weighted by molar-refractivity contribution is -0.128. The van der Waals surface area contributed by atoms with Gasteiger partial charge in [0.15, 0.2) is 5.25 Å². The minimum atomic E-state index is -3.75. The number of carbonyl (C=O) groups is 1. The van der Waals surface area contributed by atoms with Crippen molar-refractivity contribution in [1.82, 2.24) is 24.1 Å². The fourth-order valence-electron chi connectivity index (χ4n) is 2.60. The van der Waals surface area contributed by atoms with Gasteiger partial charge in [0.05, 0.1) is 6.04 Å². The van der Waals surface area contributed by atoms with Crippen LogP contribution in [0.15, 0.2) is 12.4 Å². The van der Waals surface area contributed by atoms with Crippen LogP contribution >= 0.6 is 12.4 Å². The zero-order valence-electron chi connectivity index (χ0n) is 13.8. The van der Waals surface area contributed by atoms with Gasteiger partial charge in [-0.1, -0.05) is 0 Å². The normalized spacial score (nSPS) is 20.6. The van der Waals surface area contributed by atoms with Gasteiger partial charge in [0.1, 0.15) is 5.82 Å². The Morgan fingerprint density at radius 3 is 2.65 bits per heavy atom. The molecule has 2 rings (SSSR count). The molecule has 1 N–H and O–H groups in total. The topological polar surface area (TPSA) is 87.5 Å². The van der Waals surface area contributed by atoms with E-state index in [2.05, 4.69) is 10.3 Å². The van der Waals surface area contributed by atoms with Crippen molar-refractivity contribution in [3.8, 4) is 0 Å². The standard InChI is InChI=1S/C13H23N5O3S.ClH/c1-10(13(19)16(2)3)22(20,21)18-8-5-14-9-11(18)12-15-6-7-17(12)4;/h6-7,10-11,14H,5,8-9H2,1-4H3;1H. The SMILES string of the molecule is CC(C(=O)N(C)C)S(=O)(=O)N1CCNCC1c1nccn1C.Cl. The van der Waals surface area contributed by atoms with Gasteiger partial charge in [0, 0.05) is 53.2 Å². The van der Waals surface area contributed by atoms with E-state index in [1.807, 2.05) is 7.05 Å². The largest absolute Gasteiger partial charge is 0.348 e. The number of rotatable bonds is 4. The number of aromatic nitrogens is 2. The summed E-state index contributed by atoms with van der Waals surface area (Å²) in [5, 5.41) is 2.08. The first kappa shape index (κ1) is 19.9.